The zero-order valence-corrected chi connectivity index (χ0v) is 14.1. The first-order chi connectivity index (χ1) is 9.83. The second-order valence-electron chi connectivity index (χ2n) is 6.12. The molecule has 1 aromatic heterocycles. The normalized spacial score (nSPS) is 17.4. The Balaban J connectivity index is 2.17. The van der Waals surface area contributed by atoms with Crippen LogP contribution >= 0.6 is 0 Å². The lowest BCUT2D eigenvalue weighted by atomic mass is 10.3. The van der Waals surface area contributed by atoms with Gasteiger partial charge >= 0.3 is 0 Å². The molecule has 6 nitrogen and oxygen atoms in total. The van der Waals surface area contributed by atoms with Crippen LogP contribution in [0.3, 0.4) is 0 Å². The number of nitrogens with one attached hydrogen (secondary N) is 2. The maximum absolute atomic E-state index is 12.5. The number of hydrogen-bond donors (Lipinski definition) is 2. The average Bonchev–Trinajstić information content (AvgIpc) is 3.09. The molecule has 0 bridgehead atoms. The maximum atomic E-state index is 12.5. The predicted octanol–water partition coefficient (Wildman–Crippen LogP) is 0.771. The Labute approximate surface area is 127 Å². The number of likely N-dealkylation sites (N-methyl/N-ethyl adjacent to an activating group) is 1. The zero-order valence-electron chi connectivity index (χ0n) is 13.3. The molecule has 2 N–H and O–H groups in total. The molecule has 0 aromatic carbocycles. The molecular formula is C14H26N4O2S. The lowest BCUT2D eigenvalue weighted by molar-refractivity contribution is 0.370. The van der Waals surface area contributed by atoms with Crippen molar-refractivity contribution in [2.45, 2.75) is 43.3 Å². The van der Waals surface area contributed by atoms with Gasteiger partial charge in [0.15, 0.2) is 0 Å². The van der Waals surface area contributed by atoms with E-state index in [1.54, 1.807) is 12.3 Å². The van der Waals surface area contributed by atoms with Crippen molar-refractivity contribution in [1.82, 2.24) is 19.5 Å². The van der Waals surface area contributed by atoms with E-state index in [-0.39, 0.29) is 6.04 Å². The third-order valence-electron chi connectivity index (χ3n) is 3.51. The van der Waals surface area contributed by atoms with E-state index < -0.39 is 10.0 Å². The first kappa shape index (κ1) is 16.5. The molecule has 21 heavy (non-hydrogen) atoms. The van der Waals surface area contributed by atoms with Gasteiger partial charge in [-0.3, -0.25) is 0 Å². The van der Waals surface area contributed by atoms with E-state index in [0.29, 0.717) is 24.0 Å². The highest BCUT2D eigenvalue weighted by Gasteiger charge is 2.28. The zero-order chi connectivity index (χ0) is 15.6. The molecule has 120 valence electrons. The average molecular weight is 314 g/mol. The summed E-state index contributed by atoms with van der Waals surface area (Å²) in [6.45, 7) is 3.23. The van der Waals surface area contributed by atoms with E-state index in [1.807, 2.05) is 33.0 Å². The van der Waals surface area contributed by atoms with E-state index in [0.717, 1.165) is 18.5 Å². The largest absolute Gasteiger partial charge is 0.346 e. The molecule has 1 fully saturated rings. The Kier molecular flexibility index (Phi) is 5.08. The third-order valence-corrected chi connectivity index (χ3v) is 5.07. The molecule has 2 rings (SSSR count). The minimum Gasteiger partial charge on any atom is -0.346 e. The van der Waals surface area contributed by atoms with E-state index in [9.17, 15) is 8.42 Å². The molecule has 0 saturated heterocycles. The van der Waals surface area contributed by atoms with Crippen LogP contribution in [0.5, 0.6) is 0 Å². The number of hydrogen-bond acceptors (Lipinski definition) is 4. The van der Waals surface area contributed by atoms with Crippen molar-refractivity contribution in [3.05, 3.63) is 18.0 Å². The molecule has 1 unspecified atom stereocenters. The van der Waals surface area contributed by atoms with Gasteiger partial charge in [0.2, 0.25) is 10.0 Å². The molecule has 1 aromatic rings. The van der Waals surface area contributed by atoms with Crippen LogP contribution in [0.4, 0.5) is 0 Å². The molecule has 0 spiro atoms. The minimum atomic E-state index is -3.46. The highest BCUT2D eigenvalue weighted by atomic mass is 32.2. The van der Waals surface area contributed by atoms with Gasteiger partial charge in [-0.25, -0.2) is 13.1 Å². The number of rotatable bonds is 8. The van der Waals surface area contributed by atoms with Gasteiger partial charge in [-0.2, -0.15) is 0 Å². The van der Waals surface area contributed by atoms with Crippen LogP contribution < -0.4 is 10.0 Å². The SMILES string of the molecule is CNCc1cc(S(=O)(=O)NC(C)CN(C)C)cn1C1CC1. The maximum Gasteiger partial charge on any atom is 0.242 e. The predicted molar refractivity (Wildman–Crippen MR) is 83.8 cm³/mol. The Bertz CT molecular complexity index is 576. The molecule has 1 atom stereocenters. The van der Waals surface area contributed by atoms with Gasteiger partial charge in [0.25, 0.3) is 0 Å². The molecule has 0 aliphatic heterocycles. The molecule has 1 aliphatic carbocycles. The van der Waals surface area contributed by atoms with Gasteiger partial charge in [0.1, 0.15) is 0 Å². The van der Waals surface area contributed by atoms with Crippen LogP contribution in [0.25, 0.3) is 0 Å². The van der Waals surface area contributed by atoms with Crippen LogP contribution in [-0.4, -0.2) is 51.6 Å². The fourth-order valence-corrected chi connectivity index (χ4v) is 3.86. The summed E-state index contributed by atoms with van der Waals surface area (Å²) in [6, 6.07) is 2.12. The van der Waals surface area contributed by atoms with Crippen molar-refractivity contribution < 1.29 is 8.42 Å². The van der Waals surface area contributed by atoms with Crippen LogP contribution in [-0.2, 0) is 16.6 Å². The lowest BCUT2D eigenvalue weighted by Crippen LogP contribution is -2.39. The Morgan fingerprint density at radius 1 is 1.43 bits per heavy atom. The Morgan fingerprint density at radius 3 is 2.62 bits per heavy atom. The summed E-state index contributed by atoms with van der Waals surface area (Å²) in [5.41, 5.74) is 1.03. The van der Waals surface area contributed by atoms with E-state index >= 15 is 0 Å². The van der Waals surface area contributed by atoms with Gasteiger partial charge in [-0.15, -0.1) is 0 Å². The second-order valence-corrected chi connectivity index (χ2v) is 7.83. The molecule has 0 amide bonds. The highest BCUT2D eigenvalue weighted by Crippen LogP contribution is 2.37. The molecule has 1 aliphatic rings. The highest BCUT2D eigenvalue weighted by molar-refractivity contribution is 7.89. The summed E-state index contributed by atoms with van der Waals surface area (Å²) < 4.78 is 29.8. The second kappa shape index (κ2) is 6.48. The number of aromatic nitrogens is 1. The molecule has 1 heterocycles. The van der Waals surface area contributed by atoms with Crippen molar-refractivity contribution in [3.63, 3.8) is 0 Å². The summed E-state index contributed by atoms with van der Waals surface area (Å²) in [4.78, 5) is 2.33. The Morgan fingerprint density at radius 2 is 2.10 bits per heavy atom. The van der Waals surface area contributed by atoms with Crippen molar-refractivity contribution in [2.75, 3.05) is 27.7 Å². The van der Waals surface area contributed by atoms with E-state index in [2.05, 4.69) is 14.6 Å². The van der Waals surface area contributed by atoms with Crippen LogP contribution in [0, 0.1) is 0 Å². The molecule has 7 heteroatoms. The summed E-state index contributed by atoms with van der Waals surface area (Å²) in [5, 5.41) is 3.10. The number of nitrogens with zero attached hydrogens (tertiary/aromatic N) is 2. The van der Waals surface area contributed by atoms with Gasteiger partial charge in [-0.1, -0.05) is 0 Å². The topological polar surface area (TPSA) is 66.4 Å². The first-order valence-corrected chi connectivity index (χ1v) is 8.84. The monoisotopic (exact) mass is 314 g/mol. The third kappa shape index (κ3) is 4.29. The van der Waals surface area contributed by atoms with E-state index in [4.69, 9.17) is 0 Å². The van der Waals surface area contributed by atoms with Gasteiger partial charge in [0, 0.05) is 37.1 Å². The fraction of sp³-hybridized carbons (Fsp3) is 0.714. The van der Waals surface area contributed by atoms with Gasteiger partial charge in [0.05, 0.1) is 4.90 Å². The summed E-state index contributed by atoms with van der Waals surface area (Å²) in [5.74, 6) is 0. The van der Waals surface area contributed by atoms with E-state index in [1.165, 1.54) is 0 Å². The summed E-state index contributed by atoms with van der Waals surface area (Å²) >= 11 is 0. The van der Waals surface area contributed by atoms with Crippen molar-refractivity contribution >= 4 is 10.0 Å². The number of sulfonamides is 1. The standard InChI is InChI=1S/C14H26N4O2S/c1-11(9-17(3)4)16-21(19,20)14-7-13(8-15-2)18(10-14)12-5-6-12/h7,10-12,15-16H,5-6,8-9H2,1-4H3. The molecular weight excluding hydrogens is 288 g/mol. The smallest absolute Gasteiger partial charge is 0.242 e. The minimum absolute atomic E-state index is 0.123. The van der Waals surface area contributed by atoms with Crippen molar-refractivity contribution in [2.24, 2.45) is 0 Å². The van der Waals surface area contributed by atoms with Crippen molar-refractivity contribution in [1.29, 1.82) is 0 Å². The van der Waals surface area contributed by atoms with Crippen molar-refractivity contribution in [3.8, 4) is 0 Å². The fourth-order valence-electron chi connectivity index (χ4n) is 2.58. The quantitative estimate of drug-likeness (QED) is 0.744. The lowest BCUT2D eigenvalue weighted by Gasteiger charge is -2.17. The molecule has 0 radical (unpaired) electrons. The van der Waals surface area contributed by atoms with Gasteiger partial charge in [-0.05, 0) is 47.0 Å². The first-order valence-electron chi connectivity index (χ1n) is 7.36. The van der Waals surface area contributed by atoms with Crippen LogP contribution in [0.2, 0.25) is 0 Å². The van der Waals surface area contributed by atoms with Crippen LogP contribution in [0.15, 0.2) is 17.2 Å². The van der Waals surface area contributed by atoms with Crippen LogP contribution in [0.1, 0.15) is 31.5 Å². The van der Waals surface area contributed by atoms with Gasteiger partial charge < -0.3 is 14.8 Å². The summed E-state index contributed by atoms with van der Waals surface area (Å²) in [6.07, 6.45) is 4.04. The summed E-state index contributed by atoms with van der Waals surface area (Å²) in [7, 11) is 2.27. The molecule has 1 saturated carbocycles. The Hall–Kier alpha value is -0.890.